The minimum absolute atomic E-state index is 0.181. The summed E-state index contributed by atoms with van der Waals surface area (Å²) in [5.41, 5.74) is 0.793. The molecule has 2 rings (SSSR count). The van der Waals surface area contributed by atoms with Crippen LogP contribution in [0.25, 0.3) is 0 Å². The Morgan fingerprint density at radius 1 is 1.21 bits per heavy atom. The maximum Gasteiger partial charge on any atom is 0.248 e. The first-order valence-electron chi connectivity index (χ1n) is 5.87. The second-order valence-corrected chi connectivity index (χ2v) is 4.08. The van der Waals surface area contributed by atoms with Crippen molar-refractivity contribution in [3.63, 3.8) is 0 Å². The zero-order valence-electron chi connectivity index (χ0n) is 10.2. The maximum absolute atomic E-state index is 13.3. The first kappa shape index (κ1) is 13.0. The summed E-state index contributed by atoms with van der Waals surface area (Å²) in [6, 6.07) is 9.21. The number of halogens is 1. The number of aryl methyl sites for hydroxylation is 1. The Bertz CT molecular complexity index is 617. The van der Waals surface area contributed by atoms with Gasteiger partial charge in [0.2, 0.25) is 11.5 Å². The first-order valence-corrected chi connectivity index (χ1v) is 5.87. The summed E-state index contributed by atoms with van der Waals surface area (Å²) in [6.45, 7) is 0. The number of aromatic amines is 1. The van der Waals surface area contributed by atoms with E-state index in [1.165, 1.54) is 24.4 Å². The average molecular weight is 260 g/mol. The van der Waals surface area contributed by atoms with Crippen molar-refractivity contribution in [2.45, 2.75) is 12.8 Å². The number of rotatable bonds is 4. The Labute approximate surface area is 109 Å². The molecule has 0 aliphatic rings. The van der Waals surface area contributed by atoms with Crippen LogP contribution < -0.4 is 10.9 Å². The maximum atomic E-state index is 13.3. The number of carbonyl (C=O) groups is 1. The van der Waals surface area contributed by atoms with E-state index in [9.17, 15) is 14.0 Å². The molecule has 1 amide bonds. The van der Waals surface area contributed by atoms with Crippen molar-refractivity contribution in [3.8, 4) is 0 Å². The van der Waals surface area contributed by atoms with Gasteiger partial charge >= 0.3 is 0 Å². The normalized spacial score (nSPS) is 10.2. The fourth-order valence-electron chi connectivity index (χ4n) is 1.66. The number of benzene rings is 1. The topological polar surface area (TPSA) is 62.0 Å². The molecule has 0 fully saturated rings. The number of carbonyl (C=O) groups excluding carboxylic acids is 1. The summed E-state index contributed by atoms with van der Waals surface area (Å²) in [7, 11) is 0. The van der Waals surface area contributed by atoms with Gasteiger partial charge in [-0.1, -0.05) is 18.2 Å². The number of nitrogens with one attached hydrogen (secondary N) is 2. The molecule has 4 nitrogen and oxygen atoms in total. The number of amides is 1. The van der Waals surface area contributed by atoms with Gasteiger partial charge in [-0.2, -0.15) is 0 Å². The predicted molar refractivity (Wildman–Crippen MR) is 70.4 cm³/mol. The van der Waals surface area contributed by atoms with E-state index < -0.39 is 0 Å². The number of hydrogen-bond acceptors (Lipinski definition) is 2. The number of aromatic nitrogens is 1. The molecule has 98 valence electrons. The molecule has 2 N–H and O–H groups in total. The Morgan fingerprint density at radius 3 is 2.68 bits per heavy atom. The van der Waals surface area contributed by atoms with Crippen LogP contribution in [0.1, 0.15) is 12.0 Å². The van der Waals surface area contributed by atoms with Crippen LogP contribution in [0.15, 0.2) is 47.4 Å². The number of hydrogen-bond donors (Lipinski definition) is 2. The van der Waals surface area contributed by atoms with Gasteiger partial charge in [0.15, 0.2) is 0 Å². The molecule has 0 bridgehead atoms. The zero-order chi connectivity index (χ0) is 13.7. The molecule has 0 radical (unpaired) electrons. The van der Waals surface area contributed by atoms with E-state index in [4.69, 9.17) is 0 Å². The monoisotopic (exact) mass is 260 g/mol. The second kappa shape index (κ2) is 5.95. The Morgan fingerprint density at radius 2 is 2.00 bits per heavy atom. The van der Waals surface area contributed by atoms with E-state index in [1.807, 2.05) is 0 Å². The Balaban J connectivity index is 1.90. The van der Waals surface area contributed by atoms with Crippen LogP contribution in [0.5, 0.6) is 0 Å². The zero-order valence-corrected chi connectivity index (χ0v) is 10.2. The third kappa shape index (κ3) is 3.77. The molecule has 1 heterocycles. The summed E-state index contributed by atoms with van der Waals surface area (Å²) >= 11 is 0. The molecule has 1 aromatic carbocycles. The van der Waals surface area contributed by atoms with E-state index in [0.717, 1.165) is 0 Å². The summed E-state index contributed by atoms with van der Waals surface area (Å²) in [5, 5.41) is 2.63. The van der Waals surface area contributed by atoms with Gasteiger partial charge in [0, 0.05) is 18.7 Å². The van der Waals surface area contributed by atoms with Gasteiger partial charge in [0.05, 0.1) is 5.69 Å². The molecule has 5 heteroatoms. The van der Waals surface area contributed by atoms with Crippen molar-refractivity contribution in [1.29, 1.82) is 0 Å². The van der Waals surface area contributed by atoms with Gasteiger partial charge in [0.1, 0.15) is 5.82 Å². The third-order valence-corrected chi connectivity index (χ3v) is 2.65. The van der Waals surface area contributed by atoms with E-state index in [-0.39, 0.29) is 23.7 Å². The van der Waals surface area contributed by atoms with Crippen molar-refractivity contribution >= 4 is 11.6 Å². The molecule has 0 saturated carbocycles. The fraction of sp³-hybridized carbons (Fsp3) is 0.143. The highest BCUT2D eigenvalue weighted by Crippen LogP contribution is 2.10. The van der Waals surface area contributed by atoms with Crippen molar-refractivity contribution < 1.29 is 9.18 Å². The third-order valence-electron chi connectivity index (χ3n) is 2.65. The van der Waals surface area contributed by atoms with Gasteiger partial charge in [-0.05, 0) is 24.1 Å². The molecule has 19 heavy (non-hydrogen) atoms. The molecule has 0 aliphatic carbocycles. The SMILES string of the molecule is O=C(CCc1ccccc1F)Nc1ccc(=O)[nH]c1. The fourth-order valence-corrected chi connectivity index (χ4v) is 1.66. The van der Waals surface area contributed by atoms with Gasteiger partial charge in [-0.15, -0.1) is 0 Å². The van der Waals surface area contributed by atoms with Crippen molar-refractivity contribution in [2.75, 3.05) is 5.32 Å². The van der Waals surface area contributed by atoms with Crippen LogP contribution in [0.4, 0.5) is 10.1 Å². The highest BCUT2D eigenvalue weighted by molar-refractivity contribution is 5.90. The van der Waals surface area contributed by atoms with Crippen molar-refractivity contribution in [1.82, 2.24) is 4.98 Å². The lowest BCUT2D eigenvalue weighted by atomic mass is 10.1. The van der Waals surface area contributed by atoms with Crippen LogP contribution in [0.3, 0.4) is 0 Å². The number of anilines is 1. The van der Waals surface area contributed by atoms with E-state index >= 15 is 0 Å². The molecule has 1 aromatic heterocycles. The largest absolute Gasteiger partial charge is 0.327 e. The minimum atomic E-state index is -0.306. The molecule has 0 saturated heterocycles. The Hall–Kier alpha value is -2.43. The average Bonchev–Trinajstić information content (AvgIpc) is 2.40. The Kier molecular flexibility index (Phi) is 4.07. The smallest absolute Gasteiger partial charge is 0.248 e. The number of H-pyrrole nitrogens is 1. The van der Waals surface area contributed by atoms with Crippen LogP contribution in [-0.4, -0.2) is 10.9 Å². The quantitative estimate of drug-likeness (QED) is 0.884. The predicted octanol–water partition coefficient (Wildman–Crippen LogP) is 2.09. The number of pyridine rings is 1. The van der Waals surface area contributed by atoms with Crippen LogP contribution >= 0.6 is 0 Å². The molecule has 0 spiro atoms. The van der Waals surface area contributed by atoms with Crippen molar-refractivity contribution in [2.24, 2.45) is 0 Å². The summed E-state index contributed by atoms with van der Waals surface area (Å²) in [4.78, 5) is 25.0. The lowest BCUT2D eigenvalue weighted by molar-refractivity contribution is -0.116. The van der Waals surface area contributed by atoms with Gasteiger partial charge in [-0.3, -0.25) is 9.59 Å². The van der Waals surface area contributed by atoms with E-state index in [1.54, 1.807) is 18.2 Å². The summed E-state index contributed by atoms with van der Waals surface area (Å²) in [5.74, 6) is -0.533. The first-order chi connectivity index (χ1) is 9.15. The van der Waals surface area contributed by atoms with E-state index in [2.05, 4.69) is 10.3 Å². The van der Waals surface area contributed by atoms with Gasteiger partial charge in [0.25, 0.3) is 0 Å². The molecule has 0 atom stereocenters. The van der Waals surface area contributed by atoms with Gasteiger partial charge < -0.3 is 10.3 Å². The molecule has 0 unspecified atom stereocenters. The summed E-state index contributed by atoms with van der Waals surface area (Å²) < 4.78 is 13.3. The second-order valence-electron chi connectivity index (χ2n) is 4.08. The van der Waals surface area contributed by atoms with Crippen molar-refractivity contribution in [3.05, 3.63) is 64.3 Å². The molecule has 2 aromatic rings. The van der Waals surface area contributed by atoms with Crippen LogP contribution in [0.2, 0.25) is 0 Å². The van der Waals surface area contributed by atoms with E-state index in [0.29, 0.717) is 17.7 Å². The molecule has 0 aliphatic heterocycles. The minimum Gasteiger partial charge on any atom is -0.327 e. The standard InChI is InChI=1S/C14H13FN2O2/c15-12-4-2-1-3-10(12)5-7-14(19)17-11-6-8-13(18)16-9-11/h1-4,6,8-9H,5,7H2,(H,16,18)(H,17,19). The van der Waals surface area contributed by atoms with Crippen LogP contribution in [-0.2, 0) is 11.2 Å². The highest BCUT2D eigenvalue weighted by Gasteiger charge is 2.06. The lowest BCUT2D eigenvalue weighted by Gasteiger charge is -2.05. The lowest BCUT2D eigenvalue weighted by Crippen LogP contribution is -2.14. The highest BCUT2D eigenvalue weighted by atomic mass is 19.1. The van der Waals surface area contributed by atoms with Gasteiger partial charge in [-0.25, -0.2) is 4.39 Å². The summed E-state index contributed by atoms with van der Waals surface area (Å²) in [6.07, 6.45) is 1.94. The molecular formula is C14H13FN2O2. The molecular weight excluding hydrogens is 247 g/mol. The van der Waals surface area contributed by atoms with Crippen LogP contribution in [0, 0.1) is 5.82 Å².